The molecular formula is C17H17ClFNO3. The summed E-state index contributed by atoms with van der Waals surface area (Å²) in [5.41, 5.74) is 0.181. The van der Waals surface area contributed by atoms with Gasteiger partial charge in [-0.3, -0.25) is 4.79 Å². The van der Waals surface area contributed by atoms with Crippen LogP contribution < -0.4 is 14.8 Å². The maximum Gasteiger partial charge on any atom is 0.260 e. The zero-order valence-electron chi connectivity index (χ0n) is 12.9. The number of halogens is 2. The van der Waals surface area contributed by atoms with E-state index >= 15 is 0 Å². The highest BCUT2D eigenvalue weighted by atomic mass is 35.5. The van der Waals surface area contributed by atoms with E-state index in [2.05, 4.69) is 5.32 Å². The molecule has 0 saturated heterocycles. The van der Waals surface area contributed by atoms with Gasteiger partial charge >= 0.3 is 0 Å². The van der Waals surface area contributed by atoms with Gasteiger partial charge in [0.25, 0.3) is 5.91 Å². The highest BCUT2D eigenvalue weighted by molar-refractivity contribution is 6.34. The molecular weight excluding hydrogens is 321 g/mol. The lowest BCUT2D eigenvalue weighted by Gasteiger charge is -2.14. The summed E-state index contributed by atoms with van der Waals surface area (Å²) in [7, 11) is 0. The minimum absolute atomic E-state index is 0.0430. The lowest BCUT2D eigenvalue weighted by atomic mass is 10.2. The van der Waals surface area contributed by atoms with Crippen LogP contribution in [0.15, 0.2) is 36.4 Å². The number of ether oxygens (including phenoxy) is 2. The van der Waals surface area contributed by atoms with Crippen LogP contribution in [0.2, 0.25) is 5.02 Å². The normalized spacial score (nSPS) is 10.3. The number of carbonyl (C=O) groups is 1. The molecule has 4 nitrogen and oxygen atoms in total. The summed E-state index contributed by atoms with van der Waals surface area (Å²) in [6.45, 7) is 4.60. The summed E-state index contributed by atoms with van der Waals surface area (Å²) in [5.74, 6) is -0.292. The lowest BCUT2D eigenvalue weighted by molar-refractivity contribution is 0.102. The maximum absolute atomic E-state index is 13.9. The second-order valence-electron chi connectivity index (χ2n) is 4.57. The van der Waals surface area contributed by atoms with Gasteiger partial charge in [0.05, 0.1) is 29.5 Å². The van der Waals surface area contributed by atoms with Crippen molar-refractivity contribution in [1.29, 1.82) is 0 Å². The first-order chi connectivity index (χ1) is 11.1. The third-order valence-corrected chi connectivity index (χ3v) is 3.31. The Bertz CT molecular complexity index is 686. The lowest BCUT2D eigenvalue weighted by Crippen LogP contribution is -2.15. The van der Waals surface area contributed by atoms with E-state index in [0.717, 1.165) is 0 Å². The SMILES string of the molecule is CCOc1ccc(OCC)c(NC(=O)c2c(F)cccc2Cl)c1. The fourth-order valence-electron chi connectivity index (χ4n) is 2.04. The molecule has 0 aromatic heterocycles. The van der Waals surface area contributed by atoms with Crippen LogP contribution >= 0.6 is 11.6 Å². The van der Waals surface area contributed by atoms with Crippen molar-refractivity contribution in [2.45, 2.75) is 13.8 Å². The smallest absolute Gasteiger partial charge is 0.260 e. The third-order valence-electron chi connectivity index (χ3n) is 3.00. The molecule has 2 aromatic carbocycles. The van der Waals surface area contributed by atoms with E-state index in [1.165, 1.54) is 18.2 Å². The summed E-state index contributed by atoms with van der Waals surface area (Å²) in [6, 6.07) is 9.13. The summed E-state index contributed by atoms with van der Waals surface area (Å²) in [4.78, 5) is 12.3. The molecule has 0 spiro atoms. The third kappa shape index (κ3) is 4.13. The summed E-state index contributed by atoms with van der Waals surface area (Å²) in [6.07, 6.45) is 0. The molecule has 6 heteroatoms. The summed E-state index contributed by atoms with van der Waals surface area (Å²) >= 11 is 5.92. The molecule has 0 aliphatic rings. The summed E-state index contributed by atoms with van der Waals surface area (Å²) < 4.78 is 24.7. The van der Waals surface area contributed by atoms with Crippen molar-refractivity contribution in [3.8, 4) is 11.5 Å². The Morgan fingerprint density at radius 3 is 2.57 bits per heavy atom. The first-order valence-corrected chi connectivity index (χ1v) is 7.59. The van der Waals surface area contributed by atoms with Crippen molar-refractivity contribution in [2.24, 2.45) is 0 Å². The van der Waals surface area contributed by atoms with Crippen molar-refractivity contribution in [1.82, 2.24) is 0 Å². The molecule has 23 heavy (non-hydrogen) atoms. The molecule has 0 saturated carbocycles. The van der Waals surface area contributed by atoms with Gasteiger partial charge in [-0.1, -0.05) is 17.7 Å². The number of anilines is 1. The predicted octanol–water partition coefficient (Wildman–Crippen LogP) is 4.53. The Hall–Kier alpha value is -2.27. The van der Waals surface area contributed by atoms with E-state index in [4.69, 9.17) is 21.1 Å². The minimum atomic E-state index is -0.686. The van der Waals surface area contributed by atoms with Gasteiger partial charge in [-0.25, -0.2) is 4.39 Å². The van der Waals surface area contributed by atoms with Gasteiger partial charge in [0.15, 0.2) is 0 Å². The number of benzene rings is 2. The molecule has 1 amide bonds. The molecule has 0 atom stereocenters. The number of carbonyl (C=O) groups excluding carboxylic acids is 1. The van der Waals surface area contributed by atoms with Gasteiger partial charge in [-0.05, 0) is 38.1 Å². The Balaban J connectivity index is 2.33. The van der Waals surface area contributed by atoms with Crippen LogP contribution in [-0.2, 0) is 0 Å². The van der Waals surface area contributed by atoms with Crippen LogP contribution in [0.25, 0.3) is 0 Å². The number of nitrogens with one attached hydrogen (secondary N) is 1. The first-order valence-electron chi connectivity index (χ1n) is 7.21. The fraction of sp³-hybridized carbons (Fsp3) is 0.235. The zero-order chi connectivity index (χ0) is 16.8. The maximum atomic E-state index is 13.9. The largest absolute Gasteiger partial charge is 0.494 e. The van der Waals surface area contributed by atoms with E-state index in [1.807, 2.05) is 13.8 Å². The number of hydrogen-bond donors (Lipinski definition) is 1. The Labute approximate surface area is 139 Å². The molecule has 2 aromatic rings. The highest BCUT2D eigenvalue weighted by Crippen LogP contribution is 2.30. The number of amides is 1. The molecule has 0 bridgehead atoms. The number of hydrogen-bond acceptors (Lipinski definition) is 3. The molecule has 0 radical (unpaired) electrons. The van der Waals surface area contributed by atoms with Crippen molar-refractivity contribution in [3.63, 3.8) is 0 Å². The second-order valence-corrected chi connectivity index (χ2v) is 4.98. The van der Waals surface area contributed by atoms with E-state index in [1.54, 1.807) is 18.2 Å². The predicted molar refractivity (Wildman–Crippen MR) is 88.1 cm³/mol. The van der Waals surface area contributed by atoms with Crippen molar-refractivity contribution < 1.29 is 18.7 Å². The van der Waals surface area contributed by atoms with Gasteiger partial charge in [0.2, 0.25) is 0 Å². The summed E-state index contributed by atoms with van der Waals surface area (Å²) in [5, 5.41) is 2.67. The Morgan fingerprint density at radius 1 is 1.17 bits per heavy atom. The topological polar surface area (TPSA) is 47.6 Å². The molecule has 2 rings (SSSR count). The van der Waals surface area contributed by atoms with E-state index < -0.39 is 11.7 Å². The monoisotopic (exact) mass is 337 g/mol. The van der Waals surface area contributed by atoms with Gasteiger partial charge in [-0.15, -0.1) is 0 Å². The van der Waals surface area contributed by atoms with Crippen LogP contribution in [0, 0.1) is 5.82 Å². The van der Waals surface area contributed by atoms with Gasteiger partial charge in [-0.2, -0.15) is 0 Å². The number of rotatable bonds is 6. The van der Waals surface area contributed by atoms with Crippen molar-refractivity contribution in [2.75, 3.05) is 18.5 Å². The highest BCUT2D eigenvalue weighted by Gasteiger charge is 2.18. The van der Waals surface area contributed by atoms with Crippen LogP contribution in [0.5, 0.6) is 11.5 Å². The molecule has 0 unspecified atom stereocenters. The molecule has 0 fully saturated rings. The van der Waals surface area contributed by atoms with Crippen LogP contribution in [0.4, 0.5) is 10.1 Å². The van der Waals surface area contributed by atoms with Crippen LogP contribution in [-0.4, -0.2) is 19.1 Å². The second kappa shape index (κ2) is 7.83. The molecule has 122 valence electrons. The van der Waals surface area contributed by atoms with Crippen molar-refractivity contribution >= 4 is 23.2 Å². The van der Waals surface area contributed by atoms with Crippen LogP contribution in [0.3, 0.4) is 0 Å². The van der Waals surface area contributed by atoms with E-state index in [-0.39, 0.29) is 10.6 Å². The standard InChI is InChI=1S/C17H17ClFNO3/c1-3-22-11-8-9-15(23-4-2)14(10-11)20-17(21)16-12(18)6-5-7-13(16)19/h5-10H,3-4H2,1-2H3,(H,20,21). The van der Waals surface area contributed by atoms with Gasteiger partial charge in [0, 0.05) is 6.07 Å². The average molecular weight is 338 g/mol. The van der Waals surface area contributed by atoms with Gasteiger partial charge in [0.1, 0.15) is 17.3 Å². The first kappa shape index (κ1) is 17.1. The molecule has 0 heterocycles. The Kier molecular flexibility index (Phi) is 5.82. The fourth-order valence-corrected chi connectivity index (χ4v) is 2.29. The molecule has 1 N–H and O–H groups in total. The zero-order valence-corrected chi connectivity index (χ0v) is 13.6. The van der Waals surface area contributed by atoms with Gasteiger partial charge < -0.3 is 14.8 Å². The van der Waals surface area contributed by atoms with E-state index in [0.29, 0.717) is 30.4 Å². The molecule has 0 aliphatic heterocycles. The average Bonchev–Trinajstić information content (AvgIpc) is 2.50. The van der Waals surface area contributed by atoms with Crippen molar-refractivity contribution in [3.05, 3.63) is 52.8 Å². The molecule has 0 aliphatic carbocycles. The quantitative estimate of drug-likeness (QED) is 0.842. The van der Waals surface area contributed by atoms with E-state index in [9.17, 15) is 9.18 Å². The minimum Gasteiger partial charge on any atom is -0.494 e. The van der Waals surface area contributed by atoms with Crippen LogP contribution in [0.1, 0.15) is 24.2 Å². The Morgan fingerprint density at radius 2 is 1.91 bits per heavy atom.